The highest BCUT2D eigenvalue weighted by Crippen LogP contribution is 2.57. The van der Waals surface area contributed by atoms with Crippen LogP contribution < -0.4 is 14.2 Å². The van der Waals surface area contributed by atoms with E-state index >= 15 is 0 Å². The second kappa shape index (κ2) is 12.9. The van der Waals surface area contributed by atoms with Crippen LogP contribution in [-0.4, -0.2) is 29.0 Å². The molecule has 9 nitrogen and oxygen atoms in total. The Morgan fingerprint density at radius 1 is 0.714 bits per heavy atom. The van der Waals surface area contributed by atoms with Gasteiger partial charge in [0.05, 0.1) is 23.0 Å². The normalized spacial score (nSPS) is 13.2. The van der Waals surface area contributed by atoms with Crippen molar-refractivity contribution in [3.8, 4) is 23.0 Å². The molecule has 0 bridgehead atoms. The summed E-state index contributed by atoms with van der Waals surface area (Å²) in [4.78, 5) is 49.3. The van der Waals surface area contributed by atoms with Gasteiger partial charge in [0.25, 0.3) is 0 Å². The van der Waals surface area contributed by atoms with E-state index in [2.05, 4.69) is 0 Å². The molecule has 3 aromatic carbocycles. The minimum atomic E-state index is -1.55. The van der Waals surface area contributed by atoms with Gasteiger partial charge in [-0.25, -0.2) is 9.59 Å². The summed E-state index contributed by atoms with van der Waals surface area (Å²) in [5.41, 5.74) is -0.221. The summed E-state index contributed by atoms with van der Waals surface area (Å²) in [5.74, 6) is -2.54. The highest BCUT2D eigenvalue weighted by atomic mass is 16.6. The highest BCUT2D eigenvalue weighted by molar-refractivity contribution is 5.99. The van der Waals surface area contributed by atoms with Gasteiger partial charge in [0.15, 0.2) is 5.60 Å². The molecule has 0 saturated carbocycles. The average molecular weight is 577 g/mol. The quantitative estimate of drug-likeness (QED) is 0.249. The summed E-state index contributed by atoms with van der Waals surface area (Å²) < 4.78 is 23.1. The molecule has 42 heavy (non-hydrogen) atoms. The summed E-state index contributed by atoms with van der Waals surface area (Å²) >= 11 is 0. The molecule has 0 aromatic heterocycles. The van der Waals surface area contributed by atoms with Crippen LogP contribution in [0.3, 0.4) is 0 Å². The van der Waals surface area contributed by atoms with E-state index in [4.69, 9.17) is 18.9 Å². The molecule has 0 radical (unpaired) electrons. The molecule has 2 aliphatic rings. The molecule has 1 N–H and O–H groups in total. The third kappa shape index (κ3) is 5.72. The molecular formula is C33H36O9. The number of fused-ring (bicyclic) bond motifs is 6. The van der Waals surface area contributed by atoms with E-state index < -0.39 is 29.5 Å². The lowest BCUT2D eigenvalue weighted by Gasteiger charge is -2.36. The Balaban J connectivity index is 0.00000116. The smallest absolute Gasteiger partial charge is 0.340 e. The van der Waals surface area contributed by atoms with Crippen molar-refractivity contribution >= 4 is 23.9 Å². The number of rotatable bonds is 5. The van der Waals surface area contributed by atoms with Crippen molar-refractivity contribution < 1.29 is 43.2 Å². The number of carbonyl (C=O) groups excluding carboxylic acids is 3. The van der Waals surface area contributed by atoms with Gasteiger partial charge < -0.3 is 24.1 Å². The molecular weight excluding hydrogens is 540 g/mol. The number of esters is 3. The van der Waals surface area contributed by atoms with Crippen molar-refractivity contribution in [3.05, 3.63) is 82.4 Å². The SMILES string of the molecule is CC.CC.CC(C)C(=O)Oc1ccc2c(c1)Oc1cc(OC(=O)C(C)C)ccc1C21OC(=O)c2ccc(C(=O)O)cc21. The topological polar surface area (TPSA) is 125 Å². The first-order valence-corrected chi connectivity index (χ1v) is 14.0. The summed E-state index contributed by atoms with van der Waals surface area (Å²) in [6.07, 6.45) is 0. The molecule has 2 aliphatic heterocycles. The molecule has 9 heteroatoms. The maximum absolute atomic E-state index is 13.1. The number of carboxylic acids is 1. The van der Waals surface area contributed by atoms with E-state index in [1.165, 1.54) is 30.3 Å². The monoisotopic (exact) mass is 576 g/mol. The van der Waals surface area contributed by atoms with Crippen molar-refractivity contribution in [1.29, 1.82) is 0 Å². The first-order chi connectivity index (χ1) is 20.0. The van der Waals surface area contributed by atoms with Gasteiger partial charge in [0, 0.05) is 28.8 Å². The summed E-state index contributed by atoms with van der Waals surface area (Å²) in [6.45, 7) is 14.8. The third-order valence-corrected chi connectivity index (χ3v) is 6.38. The molecule has 0 aliphatic carbocycles. The maximum atomic E-state index is 13.1. The van der Waals surface area contributed by atoms with Gasteiger partial charge >= 0.3 is 23.9 Å². The summed E-state index contributed by atoms with van der Waals surface area (Å²) in [5, 5.41) is 9.64. The Bertz CT molecular complexity index is 1450. The lowest BCUT2D eigenvalue weighted by molar-refractivity contribution is -0.138. The highest BCUT2D eigenvalue weighted by Gasteiger charge is 2.54. The molecule has 222 valence electrons. The molecule has 3 aromatic rings. The fourth-order valence-corrected chi connectivity index (χ4v) is 4.41. The van der Waals surface area contributed by atoms with Gasteiger partial charge in [0.2, 0.25) is 0 Å². The summed E-state index contributed by atoms with van der Waals surface area (Å²) in [6, 6.07) is 13.5. The molecule has 5 rings (SSSR count). The van der Waals surface area contributed by atoms with Crippen molar-refractivity contribution in [2.45, 2.75) is 61.0 Å². The number of aromatic carboxylic acids is 1. The number of carbonyl (C=O) groups is 4. The number of hydrogen-bond acceptors (Lipinski definition) is 8. The van der Waals surface area contributed by atoms with Crippen LogP contribution in [0.15, 0.2) is 54.6 Å². The molecule has 1 spiro atoms. The second-order valence-electron chi connectivity index (χ2n) is 9.71. The molecule has 0 amide bonds. The van der Waals surface area contributed by atoms with E-state index in [0.717, 1.165) is 0 Å². The zero-order chi connectivity index (χ0) is 31.4. The maximum Gasteiger partial charge on any atom is 0.340 e. The van der Waals surface area contributed by atoms with Gasteiger partial charge in [-0.2, -0.15) is 0 Å². The first kappa shape index (κ1) is 31.9. The van der Waals surface area contributed by atoms with Crippen LogP contribution in [0.2, 0.25) is 0 Å². The molecule has 0 saturated heterocycles. The number of hydrogen-bond donors (Lipinski definition) is 1. The fourth-order valence-electron chi connectivity index (χ4n) is 4.41. The molecule has 0 atom stereocenters. The van der Waals surface area contributed by atoms with E-state index in [0.29, 0.717) is 16.7 Å². The molecule has 0 fully saturated rings. The second-order valence-corrected chi connectivity index (χ2v) is 9.71. The van der Waals surface area contributed by atoms with Gasteiger partial charge in [-0.1, -0.05) is 55.4 Å². The third-order valence-electron chi connectivity index (χ3n) is 6.38. The number of carboxylic acid groups (broad SMARTS) is 1. The van der Waals surface area contributed by atoms with Crippen LogP contribution in [0.25, 0.3) is 0 Å². The number of ether oxygens (including phenoxy) is 4. The Hall–Kier alpha value is -4.66. The largest absolute Gasteiger partial charge is 0.478 e. The van der Waals surface area contributed by atoms with Gasteiger partial charge in [-0.15, -0.1) is 0 Å². The van der Waals surface area contributed by atoms with Crippen LogP contribution in [0, 0.1) is 11.8 Å². The van der Waals surface area contributed by atoms with E-state index in [-0.39, 0.29) is 46.0 Å². The standard InChI is InChI=1S/C29H24O9.2C2H6/c1-14(2)26(32)35-17-6-9-20-23(12-17)37-24-13-18(36-27(33)15(3)4)7-10-21(24)29(20)22-11-16(25(30)31)5-8-19(22)28(34)38-29;2*1-2/h5-15H,1-4H3,(H,30,31);2*1-2H3. The predicted octanol–water partition coefficient (Wildman–Crippen LogP) is 7.13. The van der Waals surface area contributed by atoms with Crippen molar-refractivity contribution in [1.82, 2.24) is 0 Å². The van der Waals surface area contributed by atoms with Crippen molar-refractivity contribution in [2.75, 3.05) is 0 Å². The van der Waals surface area contributed by atoms with E-state index in [9.17, 15) is 24.3 Å². The van der Waals surface area contributed by atoms with Crippen molar-refractivity contribution in [2.24, 2.45) is 11.8 Å². The lowest BCUT2D eigenvalue weighted by Crippen LogP contribution is -2.33. The Kier molecular flexibility index (Phi) is 9.78. The van der Waals surface area contributed by atoms with Crippen LogP contribution >= 0.6 is 0 Å². The molecule has 0 unspecified atom stereocenters. The van der Waals surface area contributed by atoms with Crippen LogP contribution in [0.4, 0.5) is 0 Å². The van der Waals surface area contributed by atoms with Crippen LogP contribution in [-0.2, 0) is 19.9 Å². The lowest BCUT2D eigenvalue weighted by atomic mass is 9.77. The molecule has 2 heterocycles. The fraction of sp³-hybridized carbons (Fsp3) is 0.333. The van der Waals surface area contributed by atoms with E-state index in [1.54, 1.807) is 52.0 Å². The average Bonchev–Trinajstić information content (AvgIpc) is 3.26. The van der Waals surface area contributed by atoms with Gasteiger partial charge in [0.1, 0.15) is 23.0 Å². The summed E-state index contributed by atoms with van der Waals surface area (Å²) in [7, 11) is 0. The zero-order valence-corrected chi connectivity index (χ0v) is 25.1. The Labute approximate surface area is 245 Å². The first-order valence-electron chi connectivity index (χ1n) is 14.0. The van der Waals surface area contributed by atoms with Gasteiger partial charge in [-0.3, -0.25) is 9.59 Å². The minimum Gasteiger partial charge on any atom is -0.478 e. The number of benzene rings is 3. The predicted molar refractivity (Wildman–Crippen MR) is 155 cm³/mol. The minimum absolute atomic E-state index is 0.0269. The van der Waals surface area contributed by atoms with Gasteiger partial charge in [-0.05, 0) is 42.5 Å². The van der Waals surface area contributed by atoms with Crippen molar-refractivity contribution in [3.63, 3.8) is 0 Å². The van der Waals surface area contributed by atoms with Crippen LogP contribution in [0.5, 0.6) is 23.0 Å². The Morgan fingerprint density at radius 3 is 1.62 bits per heavy atom. The Morgan fingerprint density at radius 2 is 1.19 bits per heavy atom. The van der Waals surface area contributed by atoms with E-state index in [1.807, 2.05) is 27.7 Å². The zero-order valence-electron chi connectivity index (χ0n) is 25.1. The van der Waals surface area contributed by atoms with Crippen LogP contribution in [0.1, 0.15) is 92.8 Å².